The molecular formula is C21H20F4N4O3S2. The first kappa shape index (κ1) is 25.7. The number of aromatic nitrogens is 2. The van der Waals surface area contributed by atoms with Gasteiger partial charge in [-0.15, -0.1) is 22.7 Å². The highest BCUT2D eigenvalue weighted by Crippen LogP contribution is 2.28. The van der Waals surface area contributed by atoms with E-state index in [9.17, 15) is 32.3 Å². The number of alkyl halides is 3. The van der Waals surface area contributed by atoms with Crippen LogP contribution in [-0.4, -0.2) is 45.1 Å². The molecule has 2 aromatic heterocycles. The standard InChI is InChI=1S/C21H20F4N4O3S2/c1-11(28-18(32)15-10-27-19(34-15)12-2-4-13(22)5-3-12)17(31)29-14(6-7-21(23,24)25)16(30)20-26-8-9-33-20/h2-5,8-11,14,16,30H,6-7H2,1H3,(H,28,32)(H,29,31)/t11-,14-,16?/m0/s1. The Hall–Kier alpha value is -2.90. The van der Waals surface area contributed by atoms with Crippen LogP contribution in [0.3, 0.4) is 0 Å². The van der Waals surface area contributed by atoms with Crippen LogP contribution in [-0.2, 0) is 4.79 Å². The van der Waals surface area contributed by atoms with Crippen molar-refractivity contribution in [3.63, 3.8) is 0 Å². The smallest absolute Gasteiger partial charge is 0.384 e. The molecule has 3 aromatic rings. The number of hydrogen-bond acceptors (Lipinski definition) is 7. The molecule has 0 aliphatic heterocycles. The van der Waals surface area contributed by atoms with Gasteiger partial charge in [-0.2, -0.15) is 13.2 Å². The molecule has 0 spiro atoms. The van der Waals surface area contributed by atoms with Crippen LogP contribution in [0, 0.1) is 5.82 Å². The molecule has 1 aromatic carbocycles. The maximum absolute atomic E-state index is 13.1. The minimum absolute atomic E-state index is 0.169. The molecule has 2 amide bonds. The molecule has 0 saturated carbocycles. The number of carbonyl (C=O) groups is 2. The van der Waals surface area contributed by atoms with Gasteiger partial charge < -0.3 is 15.7 Å². The summed E-state index contributed by atoms with van der Waals surface area (Å²) < 4.78 is 51.3. The Morgan fingerprint density at radius 2 is 1.85 bits per heavy atom. The van der Waals surface area contributed by atoms with Crippen LogP contribution in [0.25, 0.3) is 10.6 Å². The lowest BCUT2D eigenvalue weighted by Crippen LogP contribution is -2.49. The van der Waals surface area contributed by atoms with E-state index in [4.69, 9.17) is 0 Å². The van der Waals surface area contributed by atoms with Gasteiger partial charge in [-0.05, 0) is 37.6 Å². The Bertz CT molecular complexity index is 1100. The fourth-order valence-electron chi connectivity index (χ4n) is 2.93. The molecule has 0 radical (unpaired) electrons. The molecule has 13 heteroatoms. The molecule has 0 saturated heterocycles. The predicted molar refractivity (Wildman–Crippen MR) is 119 cm³/mol. The second-order valence-corrected chi connectivity index (χ2v) is 9.27. The fraction of sp³-hybridized carbons (Fsp3) is 0.333. The van der Waals surface area contributed by atoms with Crippen molar-refractivity contribution in [2.75, 3.05) is 0 Å². The minimum atomic E-state index is -4.47. The first-order chi connectivity index (χ1) is 16.0. The second kappa shape index (κ2) is 11.0. The fourth-order valence-corrected chi connectivity index (χ4v) is 4.44. The van der Waals surface area contributed by atoms with E-state index in [-0.39, 0.29) is 9.88 Å². The van der Waals surface area contributed by atoms with Gasteiger partial charge in [0.2, 0.25) is 5.91 Å². The third kappa shape index (κ3) is 7.05. The highest BCUT2D eigenvalue weighted by Gasteiger charge is 2.33. The Morgan fingerprint density at radius 1 is 1.15 bits per heavy atom. The summed E-state index contributed by atoms with van der Waals surface area (Å²) in [5, 5.41) is 17.5. The lowest BCUT2D eigenvalue weighted by atomic mass is 10.0. The normalized spacial score (nSPS) is 14.3. The van der Waals surface area contributed by atoms with Gasteiger partial charge in [0.25, 0.3) is 5.91 Å². The zero-order valence-corrected chi connectivity index (χ0v) is 19.3. The summed E-state index contributed by atoms with van der Waals surface area (Å²) in [6.07, 6.45) is -4.99. The Kier molecular flexibility index (Phi) is 8.33. The number of carbonyl (C=O) groups excluding carboxylic acids is 2. The number of nitrogens with one attached hydrogen (secondary N) is 2. The van der Waals surface area contributed by atoms with E-state index in [1.165, 1.54) is 43.6 Å². The van der Waals surface area contributed by atoms with Gasteiger partial charge in [-0.25, -0.2) is 14.4 Å². The Balaban J connectivity index is 1.63. The van der Waals surface area contributed by atoms with Crippen LogP contribution in [0.5, 0.6) is 0 Å². The maximum Gasteiger partial charge on any atom is 0.389 e. The van der Waals surface area contributed by atoms with Crippen LogP contribution in [0.4, 0.5) is 17.6 Å². The second-order valence-electron chi connectivity index (χ2n) is 7.32. The number of rotatable bonds is 9. The summed E-state index contributed by atoms with van der Waals surface area (Å²) in [6, 6.07) is 3.19. The Labute approximate surface area is 199 Å². The Morgan fingerprint density at radius 3 is 2.47 bits per heavy atom. The quantitative estimate of drug-likeness (QED) is 0.372. The van der Waals surface area contributed by atoms with Gasteiger partial charge >= 0.3 is 6.18 Å². The lowest BCUT2D eigenvalue weighted by Gasteiger charge is -2.25. The number of nitrogens with zero attached hydrogens (tertiary/aromatic N) is 2. The van der Waals surface area contributed by atoms with E-state index < -0.39 is 54.8 Å². The minimum Gasteiger partial charge on any atom is -0.384 e. The van der Waals surface area contributed by atoms with Gasteiger partial charge in [0.1, 0.15) is 32.9 Å². The molecule has 3 atom stereocenters. The topological polar surface area (TPSA) is 104 Å². The van der Waals surface area contributed by atoms with Crippen LogP contribution >= 0.6 is 22.7 Å². The highest BCUT2D eigenvalue weighted by molar-refractivity contribution is 7.16. The first-order valence-electron chi connectivity index (χ1n) is 10.0. The predicted octanol–water partition coefficient (Wildman–Crippen LogP) is 4.08. The summed E-state index contributed by atoms with van der Waals surface area (Å²) in [7, 11) is 0. The van der Waals surface area contributed by atoms with Crippen molar-refractivity contribution in [2.45, 2.75) is 44.1 Å². The first-order valence-corrected chi connectivity index (χ1v) is 11.7. The largest absolute Gasteiger partial charge is 0.389 e. The average Bonchev–Trinajstić information content (AvgIpc) is 3.48. The molecular weight excluding hydrogens is 496 g/mol. The van der Waals surface area contributed by atoms with Crippen LogP contribution in [0.1, 0.15) is 40.5 Å². The zero-order chi connectivity index (χ0) is 24.9. The van der Waals surface area contributed by atoms with Gasteiger partial charge in [0, 0.05) is 23.6 Å². The zero-order valence-electron chi connectivity index (χ0n) is 17.7. The summed E-state index contributed by atoms with van der Waals surface area (Å²) in [6.45, 7) is 1.37. The van der Waals surface area contributed by atoms with Crippen molar-refractivity contribution >= 4 is 34.5 Å². The van der Waals surface area contributed by atoms with Crippen molar-refractivity contribution in [1.82, 2.24) is 20.6 Å². The number of thiazole rings is 2. The molecule has 2 heterocycles. The number of halogens is 4. The van der Waals surface area contributed by atoms with Gasteiger partial charge in [0.15, 0.2) is 0 Å². The van der Waals surface area contributed by atoms with E-state index in [1.54, 1.807) is 5.38 Å². The molecule has 0 aliphatic rings. The van der Waals surface area contributed by atoms with Gasteiger partial charge in [0.05, 0.1) is 12.2 Å². The van der Waals surface area contributed by atoms with Crippen molar-refractivity contribution in [3.8, 4) is 10.6 Å². The third-order valence-corrected chi connectivity index (χ3v) is 6.60. The molecule has 3 N–H and O–H groups in total. The van der Waals surface area contributed by atoms with E-state index in [0.717, 1.165) is 22.7 Å². The molecule has 0 fully saturated rings. The van der Waals surface area contributed by atoms with Crippen molar-refractivity contribution in [1.29, 1.82) is 0 Å². The molecule has 3 rings (SSSR count). The number of aliphatic hydroxyl groups is 1. The summed E-state index contributed by atoms with van der Waals surface area (Å²) in [5.41, 5.74) is 0.611. The molecule has 34 heavy (non-hydrogen) atoms. The number of amides is 2. The van der Waals surface area contributed by atoms with Gasteiger partial charge in [-0.3, -0.25) is 9.59 Å². The molecule has 7 nitrogen and oxygen atoms in total. The average molecular weight is 517 g/mol. The molecule has 0 bridgehead atoms. The number of hydrogen-bond donors (Lipinski definition) is 3. The van der Waals surface area contributed by atoms with E-state index in [0.29, 0.717) is 10.6 Å². The van der Waals surface area contributed by atoms with Crippen LogP contribution < -0.4 is 10.6 Å². The van der Waals surface area contributed by atoms with Crippen molar-refractivity contribution in [2.24, 2.45) is 0 Å². The maximum atomic E-state index is 13.1. The summed E-state index contributed by atoms with van der Waals surface area (Å²) in [5.74, 6) is -1.79. The number of aliphatic hydroxyl groups excluding tert-OH is 1. The van der Waals surface area contributed by atoms with Crippen molar-refractivity contribution < 1.29 is 32.3 Å². The summed E-state index contributed by atoms with van der Waals surface area (Å²) >= 11 is 2.08. The molecule has 1 unspecified atom stereocenters. The van der Waals surface area contributed by atoms with Gasteiger partial charge in [-0.1, -0.05) is 0 Å². The summed E-state index contributed by atoms with van der Waals surface area (Å²) in [4.78, 5) is 33.3. The van der Waals surface area contributed by atoms with E-state index >= 15 is 0 Å². The van der Waals surface area contributed by atoms with Crippen LogP contribution in [0.2, 0.25) is 0 Å². The number of benzene rings is 1. The molecule has 0 aliphatic carbocycles. The van der Waals surface area contributed by atoms with Crippen molar-refractivity contribution in [3.05, 3.63) is 57.7 Å². The SMILES string of the molecule is C[C@H](NC(=O)c1cnc(-c2ccc(F)cc2)s1)C(=O)N[C@@H](CCC(F)(F)F)C(O)c1nccs1. The highest BCUT2D eigenvalue weighted by atomic mass is 32.1. The van der Waals surface area contributed by atoms with Crippen LogP contribution in [0.15, 0.2) is 42.0 Å². The van der Waals surface area contributed by atoms with E-state index in [2.05, 4.69) is 20.6 Å². The lowest BCUT2D eigenvalue weighted by molar-refractivity contribution is -0.140. The molecule has 182 valence electrons. The monoisotopic (exact) mass is 516 g/mol. The third-order valence-electron chi connectivity index (χ3n) is 4.71. The van der Waals surface area contributed by atoms with E-state index in [1.807, 2.05) is 0 Å².